The van der Waals surface area contributed by atoms with E-state index in [-0.39, 0.29) is 0 Å². The Kier molecular flexibility index (Phi) is 5.40. The van der Waals surface area contributed by atoms with Crippen molar-refractivity contribution in [1.29, 1.82) is 0 Å². The lowest BCUT2D eigenvalue weighted by atomic mass is 9.93. The lowest BCUT2D eigenvalue weighted by molar-refractivity contribution is 0.0958. The molecule has 1 N–H and O–H groups in total. The summed E-state index contributed by atoms with van der Waals surface area (Å²) in [6, 6.07) is 6.88. The molecule has 5 rings (SSSR count). The smallest absolute Gasteiger partial charge is 0.193 e. The lowest BCUT2D eigenvalue weighted by Crippen LogP contribution is -2.55. The minimum atomic E-state index is 0.865. The molecule has 0 spiro atoms. The number of pyridine rings is 1. The Morgan fingerprint density at radius 3 is 2.79 bits per heavy atom. The van der Waals surface area contributed by atoms with Crippen LogP contribution in [0.4, 0.5) is 0 Å². The fourth-order valence-electron chi connectivity index (χ4n) is 5.76. The summed E-state index contributed by atoms with van der Waals surface area (Å²) in [5.41, 5.74) is 0.916. The summed E-state index contributed by atoms with van der Waals surface area (Å²) in [4.78, 5) is 9.73. The van der Waals surface area contributed by atoms with Crippen molar-refractivity contribution in [3.05, 3.63) is 30.2 Å². The molecule has 3 aliphatic rings. The standard InChI is InChI=1S/C22H33N7/c1-23-22(24-9-4-6-21-26-25-20-5-2-3-10-29(20)21)28-13-11-27(12-14-28)19-16-17-7-8-18(19)15-17/h2-3,5,10,17-19H,4,6-9,11-16H2,1H3,(H,23,24). The third-order valence-corrected chi connectivity index (χ3v) is 7.24. The Balaban J connectivity index is 1.07. The molecule has 0 radical (unpaired) electrons. The average molecular weight is 396 g/mol. The van der Waals surface area contributed by atoms with Crippen molar-refractivity contribution in [3.63, 3.8) is 0 Å². The number of aliphatic imine (C=N–C) groups is 1. The van der Waals surface area contributed by atoms with Crippen LogP contribution in [-0.4, -0.2) is 76.2 Å². The van der Waals surface area contributed by atoms with E-state index in [9.17, 15) is 0 Å². The number of nitrogens with one attached hydrogen (secondary N) is 1. The van der Waals surface area contributed by atoms with E-state index in [2.05, 4.69) is 34.7 Å². The monoisotopic (exact) mass is 395 g/mol. The maximum absolute atomic E-state index is 4.54. The maximum Gasteiger partial charge on any atom is 0.193 e. The highest BCUT2D eigenvalue weighted by Gasteiger charge is 2.42. The zero-order valence-electron chi connectivity index (χ0n) is 17.5. The number of hydrogen-bond donors (Lipinski definition) is 1. The second-order valence-corrected chi connectivity index (χ2v) is 8.89. The third kappa shape index (κ3) is 3.84. The third-order valence-electron chi connectivity index (χ3n) is 7.24. The van der Waals surface area contributed by atoms with Gasteiger partial charge in [0, 0.05) is 58.4 Å². The van der Waals surface area contributed by atoms with Gasteiger partial charge in [-0.1, -0.05) is 12.5 Å². The number of hydrogen-bond acceptors (Lipinski definition) is 4. The van der Waals surface area contributed by atoms with Gasteiger partial charge in [-0.05, 0) is 49.7 Å². The van der Waals surface area contributed by atoms with Crippen molar-refractivity contribution in [2.75, 3.05) is 39.8 Å². The molecular weight excluding hydrogens is 362 g/mol. The predicted molar refractivity (Wildman–Crippen MR) is 115 cm³/mol. The minimum Gasteiger partial charge on any atom is -0.356 e. The first-order chi connectivity index (χ1) is 14.3. The number of aryl methyl sites for hydroxylation is 1. The van der Waals surface area contributed by atoms with Gasteiger partial charge < -0.3 is 10.2 Å². The van der Waals surface area contributed by atoms with Crippen LogP contribution in [0.2, 0.25) is 0 Å². The molecule has 156 valence electrons. The summed E-state index contributed by atoms with van der Waals surface area (Å²) in [6.07, 6.45) is 9.87. The maximum atomic E-state index is 4.54. The van der Waals surface area contributed by atoms with Gasteiger partial charge in [0.05, 0.1) is 0 Å². The second kappa shape index (κ2) is 8.30. The summed E-state index contributed by atoms with van der Waals surface area (Å²) in [5, 5.41) is 12.1. The Labute approximate surface area is 173 Å². The van der Waals surface area contributed by atoms with E-state index < -0.39 is 0 Å². The fourth-order valence-corrected chi connectivity index (χ4v) is 5.76. The van der Waals surface area contributed by atoms with E-state index in [1.165, 1.54) is 38.8 Å². The highest BCUT2D eigenvalue weighted by Crippen LogP contribution is 2.46. The van der Waals surface area contributed by atoms with Crippen LogP contribution in [0.3, 0.4) is 0 Å². The zero-order valence-corrected chi connectivity index (χ0v) is 17.5. The summed E-state index contributed by atoms with van der Waals surface area (Å²) in [5.74, 6) is 4.08. The lowest BCUT2D eigenvalue weighted by Gasteiger charge is -2.42. The number of guanidine groups is 1. The molecule has 3 unspecified atom stereocenters. The van der Waals surface area contributed by atoms with Crippen molar-refractivity contribution >= 4 is 11.6 Å². The van der Waals surface area contributed by atoms with Crippen molar-refractivity contribution in [2.24, 2.45) is 16.8 Å². The molecule has 0 aromatic carbocycles. The molecule has 3 fully saturated rings. The van der Waals surface area contributed by atoms with E-state index in [0.717, 1.165) is 67.8 Å². The fraction of sp³-hybridized carbons (Fsp3) is 0.682. The van der Waals surface area contributed by atoms with Crippen LogP contribution in [0, 0.1) is 11.8 Å². The first-order valence-electron chi connectivity index (χ1n) is 11.3. The number of rotatable bonds is 5. The first-order valence-corrected chi connectivity index (χ1v) is 11.3. The van der Waals surface area contributed by atoms with E-state index in [1.807, 2.05) is 31.4 Å². The molecule has 0 amide bonds. The summed E-state index contributed by atoms with van der Waals surface area (Å²) in [6.45, 7) is 5.44. The Morgan fingerprint density at radius 1 is 1.14 bits per heavy atom. The van der Waals surface area contributed by atoms with Crippen LogP contribution in [0.25, 0.3) is 5.65 Å². The van der Waals surface area contributed by atoms with Gasteiger partial charge in [0.25, 0.3) is 0 Å². The molecule has 2 bridgehead atoms. The van der Waals surface area contributed by atoms with Gasteiger partial charge >= 0.3 is 0 Å². The van der Waals surface area contributed by atoms with Crippen LogP contribution in [0.15, 0.2) is 29.4 Å². The van der Waals surface area contributed by atoms with Gasteiger partial charge in [-0.15, -0.1) is 10.2 Å². The number of piperazine rings is 1. The highest BCUT2D eigenvalue weighted by atomic mass is 15.4. The van der Waals surface area contributed by atoms with E-state index in [4.69, 9.17) is 0 Å². The average Bonchev–Trinajstić information content (AvgIpc) is 3.50. The molecule has 7 nitrogen and oxygen atoms in total. The van der Waals surface area contributed by atoms with Gasteiger partial charge in [0.1, 0.15) is 5.82 Å². The largest absolute Gasteiger partial charge is 0.356 e. The molecule has 2 aliphatic carbocycles. The minimum absolute atomic E-state index is 0.865. The van der Waals surface area contributed by atoms with E-state index in [1.54, 1.807) is 0 Å². The van der Waals surface area contributed by atoms with Crippen molar-refractivity contribution in [2.45, 2.75) is 44.6 Å². The number of aromatic nitrogens is 3. The van der Waals surface area contributed by atoms with Crippen LogP contribution in [-0.2, 0) is 6.42 Å². The van der Waals surface area contributed by atoms with Gasteiger partial charge in [0.2, 0.25) is 0 Å². The van der Waals surface area contributed by atoms with Crippen LogP contribution in [0.5, 0.6) is 0 Å². The normalized spacial score (nSPS) is 27.8. The van der Waals surface area contributed by atoms with Crippen LogP contribution >= 0.6 is 0 Å². The Morgan fingerprint density at radius 2 is 2.03 bits per heavy atom. The van der Waals surface area contributed by atoms with Crippen molar-refractivity contribution in [3.8, 4) is 0 Å². The molecule has 2 saturated carbocycles. The quantitative estimate of drug-likeness (QED) is 0.477. The van der Waals surface area contributed by atoms with Gasteiger partial charge in [-0.25, -0.2) is 0 Å². The molecule has 3 atom stereocenters. The molecule has 1 aliphatic heterocycles. The molecule has 2 aromatic rings. The summed E-state index contributed by atoms with van der Waals surface area (Å²) >= 11 is 0. The van der Waals surface area contributed by atoms with Gasteiger partial charge in [-0.3, -0.25) is 14.3 Å². The topological polar surface area (TPSA) is 61.1 Å². The molecule has 7 heteroatoms. The van der Waals surface area contributed by atoms with Crippen molar-refractivity contribution < 1.29 is 0 Å². The first kappa shape index (κ1) is 18.9. The van der Waals surface area contributed by atoms with E-state index in [0.29, 0.717) is 0 Å². The van der Waals surface area contributed by atoms with Crippen molar-refractivity contribution in [1.82, 2.24) is 29.7 Å². The van der Waals surface area contributed by atoms with Gasteiger partial charge in [0.15, 0.2) is 11.6 Å². The summed E-state index contributed by atoms with van der Waals surface area (Å²) < 4.78 is 2.07. The van der Waals surface area contributed by atoms with Gasteiger partial charge in [-0.2, -0.15) is 0 Å². The number of nitrogens with zero attached hydrogens (tertiary/aromatic N) is 6. The summed E-state index contributed by atoms with van der Waals surface area (Å²) in [7, 11) is 1.90. The Hall–Kier alpha value is -2.15. The SMILES string of the molecule is CN=C(NCCCc1nnc2ccccn12)N1CCN(C2CC3CCC2C3)CC1. The molecule has 1 saturated heterocycles. The van der Waals surface area contributed by atoms with E-state index >= 15 is 0 Å². The predicted octanol–water partition coefficient (Wildman–Crippen LogP) is 2.04. The zero-order chi connectivity index (χ0) is 19.6. The Bertz CT molecular complexity index is 852. The highest BCUT2D eigenvalue weighted by molar-refractivity contribution is 5.79. The molecule has 2 aromatic heterocycles. The molecular formula is C22H33N7. The van der Waals surface area contributed by atoms with Crippen LogP contribution < -0.4 is 5.32 Å². The molecule has 29 heavy (non-hydrogen) atoms. The molecule has 3 heterocycles. The van der Waals surface area contributed by atoms with Crippen LogP contribution in [0.1, 0.15) is 37.9 Å². The second-order valence-electron chi connectivity index (χ2n) is 8.89. The number of fused-ring (bicyclic) bond motifs is 3.